The Hall–Kier alpha value is -2.47. The number of hydrogen-bond donors (Lipinski definition) is 0. The second-order valence-electron chi connectivity index (χ2n) is 11.4. The van der Waals surface area contributed by atoms with Crippen LogP contribution in [0.4, 0.5) is 0 Å². The summed E-state index contributed by atoms with van der Waals surface area (Å²) in [5, 5.41) is 0. The first-order valence-corrected chi connectivity index (χ1v) is 15.4. The lowest BCUT2D eigenvalue weighted by Crippen LogP contribution is -2.56. The van der Waals surface area contributed by atoms with Crippen LogP contribution in [-0.4, -0.2) is 48.8 Å². The standard InChI is InChI=1S/C32H38N2O2S/c1-25-15-17-28(18-16-25)37(35,36)34-22-19-32(33-20-9-4-10-21-33)23-29(26-11-5-2-6-12-26)31(34)30(24-32)27-13-7-3-8-14-27/h2-3,5-8,11-18,29-31H,4,9-10,19-24H2,1H3/t29-,30-,31?,32?/m0/s1. The molecule has 3 aliphatic heterocycles. The summed E-state index contributed by atoms with van der Waals surface area (Å²) in [6.45, 7) is 4.82. The van der Waals surface area contributed by atoms with E-state index in [1.54, 1.807) is 12.1 Å². The Bertz CT molecular complexity index is 1250. The van der Waals surface area contributed by atoms with Gasteiger partial charge in [0.2, 0.25) is 10.0 Å². The highest BCUT2D eigenvalue weighted by atomic mass is 32.2. The Kier molecular flexibility index (Phi) is 6.72. The molecule has 1 aliphatic carbocycles. The average Bonchev–Trinajstić information content (AvgIpc) is 3.24. The van der Waals surface area contributed by atoms with Crippen LogP contribution in [0.3, 0.4) is 0 Å². The monoisotopic (exact) mass is 514 g/mol. The maximum absolute atomic E-state index is 14.4. The van der Waals surface area contributed by atoms with Gasteiger partial charge < -0.3 is 0 Å². The van der Waals surface area contributed by atoms with Crippen molar-refractivity contribution in [1.29, 1.82) is 0 Å². The zero-order valence-electron chi connectivity index (χ0n) is 21.8. The lowest BCUT2D eigenvalue weighted by molar-refractivity contribution is 0.0188. The number of piperidine rings is 1. The van der Waals surface area contributed by atoms with Crippen LogP contribution in [-0.2, 0) is 10.0 Å². The molecule has 3 aromatic carbocycles. The molecule has 2 atom stereocenters. The number of rotatable bonds is 5. The lowest BCUT2D eigenvalue weighted by atomic mass is 9.63. The SMILES string of the molecule is Cc1ccc(S(=O)(=O)N2CCC3(N4CCCCC4)C[C@@H](c4ccccc4)C2[C@H](c2ccccc2)C3)cc1. The van der Waals surface area contributed by atoms with Crippen LogP contribution in [0.5, 0.6) is 0 Å². The molecule has 4 nitrogen and oxygen atoms in total. The van der Waals surface area contributed by atoms with Crippen LogP contribution in [0.25, 0.3) is 0 Å². The molecule has 0 unspecified atom stereocenters. The molecular formula is C32H38N2O2S. The van der Waals surface area contributed by atoms with Gasteiger partial charge in [-0.25, -0.2) is 8.42 Å². The minimum Gasteiger partial charge on any atom is -0.298 e. The Balaban J connectivity index is 1.53. The molecule has 3 aromatic rings. The molecule has 3 saturated heterocycles. The van der Waals surface area contributed by atoms with E-state index in [2.05, 4.69) is 65.6 Å². The van der Waals surface area contributed by atoms with Crippen LogP contribution in [0.2, 0.25) is 0 Å². The van der Waals surface area contributed by atoms with Gasteiger partial charge in [0.1, 0.15) is 0 Å². The van der Waals surface area contributed by atoms with Gasteiger partial charge in [0, 0.05) is 30.0 Å². The summed E-state index contributed by atoms with van der Waals surface area (Å²) in [5.74, 6) is 0.287. The van der Waals surface area contributed by atoms with E-state index in [4.69, 9.17) is 0 Å². The third kappa shape index (κ3) is 4.56. The van der Waals surface area contributed by atoms with Crippen molar-refractivity contribution in [2.75, 3.05) is 19.6 Å². The van der Waals surface area contributed by atoms with E-state index in [1.807, 2.05) is 23.4 Å². The van der Waals surface area contributed by atoms with Crippen LogP contribution in [0.1, 0.15) is 67.1 Å². The van der Waals surface area contributed by atoms with Crippen molar-refractivity contribution in [3.8, 4) is 0 Å². The number of sulfonamides is 1. The fourth-order valence-corrected chi connectivity index (χ4v) is 9.13. The number of likely N-dealkylation sites (tertiary alicyclic amines) is 1. The first-order chi connectivity index (χ1) is 18.0. The number of hydrogen-bond acceptors (Lipinski definition) is 3. The topological polar surface area (TPSA) is 40.6 Å². The largest absolute Gasteiger partial charge is 0.298 e. The highest BCUT2D eigenvalue weighted by Crippen LogP contribution is 2.55. The average molecular weight is 515 g/mol. The van der Waals surface area contributed by atoms with Crippen molar-refractivity contribution in [2.45, 2.75) is 73.8 Å². The van der Waals surface area contributed by atoms with Crippen LogP contribution in [0.15, 0.2) is 89.8 Å². The summed E-state index contributed by atoms with van der Waals surface area (Å²) in [6, 6.07) is 28.7. The normalized spacial score (nSPS) is 29.2. The first kappa shape index (κ1) is 24.8. The summed E-state index contributed by atoms with van der Waals surface area (Å²) < 4.78 is 30.7. The molecule has 0 radical (unpaired) electrons. The molecule has 1 saturated carbocycles. The number of benzene rings is 3. The quantitative estimate of drug-likeness (QED) is 0.399. The molecule has 0 spiro atoms. The summed E-state index contributed by atoms with van der Waals surface area (Å²) >= 11 is 0. The predicted octanol–water partition coefficient (Wildman–Crippen LogP) is 6.34. The van der Waals surface area contributed by atoms with Gasteiger partial charge in [-0.15, -0.1) is 0 Å². The van der Waals surface area contributed by atoms with Crippen molar-refractivity contribution >= 4 is 10.0 Å². The lowest BCUT2D eigenvalue weighted by Gasteiger charge is -2.53. The first-order valence-electron chi connectivity index (χ1n) is 13.9. The van der Waals surface area contributed by atoms with Gasteiger partial charge in [0.15, 0.2) is 0 Å². The van der Waals surface area contributed by atoms with Crippen molar-refractivity contribution in [3.63, 3.8) is 0 Å². The van der Waals surface area contributed by atoms with E-state index < -0.39 is 10.0 Å². The Morgan fingerprint density at radius 1 is 0.703 bits per heavy atom. The minimum atomic E-state index is -3.66. The summed E-state index contributed by atoms with van der Waals surface area (Å²) in [5.41, 5.74) is 3.61. The van der Waals surface area contributed by atoms with Gasteiger partial charge in [-0.3, -0.25) is 4.90 Å². The molecule has 37 heavy (non-hydrogen) atoms. The molecular weight excluding hydrogens is 476 g/mol. The van der Waals surface area contributed by atoms with Gasteiger partial charge >= 0.3 is 0 Å². The summed E-state index contributed by atoms with van der Waals surface area (Å²) in [4.78, 5) is 3.16. The molecule has 0 aromatic heterocycles. The fraction of sp³-hybridized carbons (Fsp3) is 0.438. The van der Waals surface area contributed by atoms with E-state index in [1.165, 1.54) is 30.4 Å². The van der Waals surface area contributed by atoms with Gasteiger partial charge in [-0.1, -0.05) is 84.8 Å². The molecule has 0 N–H and O–H groups in total. The summed E-state index contributed by atoms with van der Waals surface area (Å²) in [6.07, 6.45) is 6.70. The Morgan fingerprint density at radius 2 is 1.24 bits per heavy atom. The third-order valence-corrected chi connectivity index (χ3v) is 11.2. The van der Waals surface area contributed by atoms with E-state index in [-0.39, 0.29) is 23.4 Å². The summed E-state index contributed by atoms with van der Waals surface area (Å²) in [7, 11) is -3.66. The Labute approximate surface area is 222 Å². The maximum Gasteiger partial charge on any atom is 0.243 e. The van der Waals surface area contributed by atoms with Crippen molar-refractivity contribution < 1.29 is 8.42 Å². The molecule has 4 aliphatic rings. The number of aryl methyl sites for hydroxylation is 1. The highest BCUT2D eigenvalue weighted by Gasteiger charge is 2.56. The van der Waals surface area contributed by atoms with Gasteiger partial charge in [0.25, 0.3) is 0 Å². The molecule has 4 fully saturated rings. The van der Waals surface area contributed by atoms with Gasteiger partial charge in [-0.05, 0) is 75.4 Å². The Morgan fingerprint density at radius 3 is 1.78 bits per heavy atom. The fourth-order valence-electron chi connectivity index (χ4n) is 7.44. The van der Waals surface area contributed by atoms with Gasteiger partial charge in [0.05, 0.1) is 4.90 Å². The van der Waals surface area contributed by atoms with Crippen LogP contribution >= 0.6 is 0 Å². The van der Waals surface area contributed by atoms with Crippen molar-refractivity contribution in [2.24, 2.45) is 0 Å². The number of fused-ring (bicyclic) bond motifs is 4. The number of nitrogens with zero attached hydrogens (tertiary/aromatic N) is 2. The van der Waals surface area contributed by atoms with E-state index in [0.717, 1.165) is 37.9 Å². The van der Waals surface area contributed by atoms with Crippen molar-refractivity contribution in [3.05, 3.63) is 102 Å². The van der Waals surface area contributed by atoms with E-state index >= 15 is 0 Å². The zero-order valence-corrected chi connectivity index (χ0v) is 22.6. The second kappa shape index (κ2) is 10.0. The van der Waals surface area contributed by atoms with Crippen molar-refractivity contribution in [1.82, 2.24) is 9.21 Å². The molecule has 7 rings (SSSR count). The predicted molar refractivity (Wildman–Crippen MR) is 149 cm³/mol. The highest BCUT2D eigenvalue weighted by molar-refractivity contribution is 7.89. The molecule has 5 heteroatoms. The smallest absolute Gasteiger partial charge is 0.243 e. The van der Waals surface area contributed by atoms with Crippen LogP contribution < -0.4 is 0 Å². The molecule has 194 valence electrons. The minimum absolute atomic E-state index is 0.00941. The molecule has 2 bridgehead atoms. The van der Waals surface area contributed by atoms with Crippen LogP contribution in [0, 0.1) is 6.92 Å². The van der Waals surface area contributed by atoms with E-state index in [9.17, 15) is 8.42 Å². The van der Waals surface area contributed by atoms with Gasteiger partial charge in [-0.2, -0.15) is 4.31 Å². The maximum atomic E-state index is 14.4. The second-order valence-corrected chi connectivity index (χ2v) is 13.3. The zero-order chi connectivity index (χ0) is 25.5. The molecule has 0 amide bonds. The third-order valence-electron chi connectivity index (χ3n) is 9.26. The van der Waals surface area contributed by atoms with E-state index in [0.29, 0.717) is 11.4 Å². The molecule has 3 heterocycles.